The Morgan fingerprint density at radius 2 is 1.96 bits per heavy atom. The summed E-state index contributed by atoms with van der Waals surface area (Å²) in [5.74, 6) is 0.0731. The Hall–Kier alpha value is -1.35. The van der Waals surface area contributed by atoms with Gasteiger partial charge in [0.2, 0.25) is 0 Å². The quantitative estimate of drug-likeness (QED) is 0.397. The summed E-state index contributed by atoms with van der Waals surface area (Å²) < 4.78 is 5.37. The molecule has 1 aliphatic heterocycles. The van der Waals surface area contributed by atoms with Crippen molar-refractivity contribution in [2.45, 2.75) is 44.9 Å². The Morgan fingerprint density at radius 3 is 2.57 bits per heavy atom. The third-order valence-electron chi connectivity index (χ3n) is 3.26. The zero-order valence-corrected chi connectivity index (χ0v) is 15.5. The average Bonchev–Trinajstić information content (AvgIpc) is 2.60. The maximum Gasteiger partial charge on any atom is 0.410 e. The molecule has 0 aromatic heterocycles. The van der Waals surface area contributed by atoms with E-state index in [9.17, 15) is 15.0 Å². The predicted molar refractivity (Wildman–Crippen MR) is 85.2 cm³/mol. The fourth-order valence-electron chi connectivity index (χ4n) is 2.41. The second kappa shape index (κ2) is 8.49. The Kier molecular flexibility index (Phi) is 7.99. The van der Waals surface area contributed by atoms with Crippen LogP contribution in [0.2, 0.25) is 0 Å². The van der Waals surface area contributed by atoms with Gasteiger partial charge in [-0.15, -0.1) is 5.73 Å². The van der Waals surface area contributed by atoms with Crippen molar-refractivity contribution in [1.29, 1.82) is 0 Å². The normalized spacial score (nSPS) is 23.2. The van der Waals surface area contributed by atoms with E-state index >= 15 is 0 Å². The number of nitrogens with zero attached hydrogens (tertiary/aromatic N) is 1. The molecule has 1 saturated heterocycles. The van der Waals surface area contributed by atoms with Crippen LogP contribution >= 0.6 is 0 Å². The first-order chi connectivity index (χ1) is 9.78. The Morgan fingerprint density at radius 1 is 1.35 bits per heavy atom. The molecule has 0 spiro atoms. The number of likely N-dealkylation sites (tertiary alicyclic amines) is 1. The van der Waals surface area contributed by atoms with Gasteiger partial charge in [-0.3, -0.25) is 4.90 Å². The van der Waals surface area contributed by atoms with Crippen LogP contribution in [0.3, 0.4) is 0 Å². The summed E-state index contributed by atoms with van der Waals surface area (Å²) in [5.41, 5.74) is 2.84. The van der Waals surface area contributed by atoms with E-state index in [-0.39, 0.29) is 39.2 Å². The van der Waals surface area contributed by atoms with Crippen LogP contribution < -0.4 is 0 Å². The summed E-state index contributed by atoms with van der Waals surface area (Å²) in [4.78, 5) is 13.7. The monoisotopic (exact) mass is 409 g/mol. The van der Waals surface area contributed by atoms with Crippen molar-refractivity contribution < 1.29 is 39.2 Å². The average molecular weight is 409 g/mol. The molecule has 6 heteroatoms. The van der Waals surface area contributed by atoms with Crippen LogP contribution in [0.4, 0.5) is 4.79 Å². The van der Waals surface area contributed by atoms with E-state index in [0.29, 0.717) is 12.0 Å². The standard InChI is InChI=1S/C16H21NO4.CH3.Rh/c1-16(2,3)21-15(20)17-10-11(18)9-13(17)12-7-5-4-6-8-14(12)19;;/h5-8,11,13,18-19H,9-10H2,1-3H3;1H3;/q;-1;/t11-,13?;;/m1../s1. The molecule has 1 amide bonds. The molecule has 23 heavy (non-hydrogen) atoms. The number of hydrogen-bond donors (Lipinski definition) is 2. The molecule has 0 aromatic carbocycles. The molecule has 2 aliphatic rings. The molecule has 0 bridgehead atoms. The van der Waals surface area contributed by atoms with Gasteiger partial charge < -0.3 is 22.4 Å². The first kappa shape index (κ1) is 21.7. The van der Waals surface area contributed by atoms with Crippen molar-refractivity contribution in [3.05, 3.63) is 48.8 Å². The number of carbonyl (C=O) groups is 1. The van der Waals surface area contributed by atoms with Gasteiger partial charge in [0.05, 0.1) is 18.7 Å². The minimum atomic E-state index is -0.628. The number of allylic oxidation sites excluding steroid dienone is 3. The molecule has 1 fully saturated rings. The maximum absolute atomic E-state index is 12.3. The van der Waals surface area contributed by atoms with E-state index in [2.05, 4.69) is 5.73 Å². The molecule has 0 saturated carbocycles. The van der Waals surface area contributed by atoms with Crippen LogP contribution in [-0.2, 0) is 24.2 Å². The molecule has 2 atom stereocenters. The van der Waals surface area contributed by atoms with Gasteiger partial charge in [-0.2, -0.15) is 0 Å². The third kappa shape index (κ3) is 5.65. The van der Waals surface area contributed by atoms with Crippen molar-refractivity contribution in [2.75, 3.05) is 6.54 Å². The molecular weight excluding hydrogens is 385 g/mol. The van der Waals surface area contributed by atoms with Crippen LogP contribution in [0, 0.1) is 7.43 Å². The number of aliphatic hydroxyl groups is 2. The molecule has 1 heterocycles. The van der Waals surface area contributed by atoms with E-state index in [1.54, 1.807) is 39.0 Å². The van der Waals surface area contributed by atoms with Crippen molar-refractivity contribution in [3.8, 4) is 0 Å². The van der Waals surface area contributed by atoms with Gasteiger partial charge >= 0.3 is 6.09 Å². The summed E-state index contributed by atoms with van der Waals surface area (Å²) in [7, 11) is 0. The van der Waals surface area contributed by atoms with E-state index < -0.39 is 23.8 Å². The van der Waals surface area contributed by atoms with E-state index in [1.165, 1.54) is 11.0 Å². The second-order valence-electron chi connectivity index (χ2n) is 6.21. The Bertz CT molecular complexity index is 553. The number of aliphatic hydroxyl groups excluding tert-OH is 2. The molecule has 0 aromatic rings. The fourth-order valence-corrected chi connectivity index (χ4v) is 2.41. The maximum atomic E-state index is 12.3. The van der Waals surface area contributed by atoms with Crippen LogP contribution in [0.15, 0.2) is 41.4 Å². The van der Waals surface area contributed by atoms with E-state index in [1.807, 2.05) is 0 Å². The van der Waals surface area contributed by atoms with Gasteiger partial charge in [-0.1, -0.05) is 0 Å². The number of amides is 1. The summed E-state index contributed by atoms with van der Waals surface area (Å²) in [6.07, 6.45) is 5.75. The van der Waals surface area contributed by atoms with Crippen molar-refractivity contribution in [3.63, 3.8) is 0 Å². The summed E-state index contributed by atoms with van der Waals surface area (Å²) in [6.45, 7) is 5.57. The molecule has 2 rings (SSSR count). The van der Waals surface area contributed by atoms with Crippen molar-refractivity contribution in [1.82, 2.24) is 4.90 Å². The van der Waals surface area contributed by atoms with Crippen LogP contribution in [-0.4, -0.2) is 45.5 Å². The number of ether oxygens (including phenoxy) is 1. The Balaban J connectivity index is 0.00000242. The molecule has 2 N–H and O–H groups in total. The van der Waals surface area contributed by atoms with Gasteiger partial charge in [0.15, 0.2) is 0 Å². The second-order valence-corrected chi connectivity index (χ2v) is 6.21. The van der Waals surface area contributed by atoms with E-state index in [4.69, 9.17) is 4.74 Å². The van der Waals surface area contributed by atoms with Crippen LogP contribution in [0.5, 0.6) is 0 Å². The summed E-state index contributed by atoms with van der Waals surface area (Å²) in [5, 5.41) is 20.0. The fraction of sp³-hybridized carbons (Fsp3) is 0.471. The minimum Gasteiger partial charge on any atom is -0.508 e. The summed E-state index contributed by atoms with van der Waals surface area (Å²) in [6, 6.07) is -0.407. The van der Waals surface area contributed by atoms with Crippen molar-refractivity contribution in [2.24, 2.45) is 0 Å². The zero-order chi connectivity index (χ0) is 15.6. The molecule has 1 aliphatic carbocycles. The number of β-amino-alcohol motifs (C(OH)–C–C–N with tert-alkyl or cyclic N) is 1. The molecule has 131 valence electrons. The molecular formula is C17H24NO4Rh-. The van der Waals surface area contributed by atoms with Crippen LogP contribution in [0.25, 0.3) is 0 Å². The zero-order valence-electron chi connectivity index (χ0n) is 13.9. The largest absolute Gasteiger partial charge is 0.508 e. The minimum absolute atomic E-state index is 0. The van der Waals surface area contributed by atoms with Crippen LogP contribution in [0.1, 0.15) is 27.2 Å². The van der Waals surface area contributed by atoms with Gasteiger partial charge in [0.1, 0.15) is 11.4 Å². The Labute approximate surface area is 150 Å². The third-order valence-corrected chi connectivity index (χ3v) is 3.26. The predicted octanol–water partition coefficient (Wildman–Crippen LogP) is 2.90. The number of carbonyl (C=O) groups excluding carboxylic acids is 1. The number of hydrogen-bond acceptors (Lipinski definition) is 4. The van der Waals surface area contributed by atoms with Crippen molar-refractivity contribution >= 4 is 6.09 Å². The SMILES string of the molecule is CC(C)(C)OC(=O)N1C[C@H](O)CC1C1=CC=C=CC=C1O.[CH3-].[Rh]. The summed E-state index contributed by atoms with van der Waals surface area (Å²) >= 11 is 0. The topological polar surface area (TPSA) is 70.0 Å². The van der Waals surface area contributed by atoms with E-state index in [0.717, 1.165) is 0 Å². The van der Waals surface area contributed by atoms with Gasteiger partial charge in [0.25, 0.3) is 0 Å². The first-order valence-electron chi connectivity index (χ1n) is 6.98. The molecule has 5 nitrogen and oxygen atoms in total. The smallest absolute Gasteiger partial charge is 0.410 e. The van der Waals surface area contributed by atoms with Gasteiger partial charge in [-0.05, 0) is 51.5 Å². The first-order valence-corrected chi connectivity index (χ1v) is 6.98. The molecule has 1 unspecified atom stereocenters. The molecule has 1 radical (unpaired) electrons. The van der Waals surface area contributed by atoms with Gasteiger partial charge in [0, 0.05) is 25.1 Å². The number of rotatable bonds is 1. The van der Waals surface area contributed by atoms with Gasteiger partial charge in [-0.25, -0.2) is 4.79 Å².